The van der Waals surface area contributed by atoms with Crippen LogP contribution in [-0.4, -0.2) is 26.2 Å². The molecule has 2 saturated carbocycles. The summed E-state index contributed by atoms with van der Waals surface area (Å²) < 4.78 is 5.40. The van der Waals surface area contributed by atoms with E-state index in [1.807, 2.05) is 12.1 Å². The van der Waals surface area contributed by atoms with Crippen molar-refractivity contribution < 1.29 is 9.53 Å². The number of carbonyl (C=O) groups is 1. The van der Waals surface area contributed by atoms with E-state index in [0.717, 1.165) is 12.2 Å². The summed E-state index contributed by atoms with van der Waals surface area (Å²) >= 11 is -1.000. The summed E-state index contributed by atoms with van der Waals surface area (Å²) in [5, 5.41) is 0. The Morgan fingerprint density at radius 1 is 1.30 bits per heavy atom. The van der Waals surface area contributed by atoms with Crippen LogP contribution in [0.4, 0.5) is 0 Å². The zero-order valence-corrected chi connectivity index (χ0v) is 14.6. The van der Waals surface area contributed by atoms with Crippen molar-refractivity contribution in [3.8, 4) is 5.75 Å². The van der Waals surface area contributed by atoms with E-state index in [2.05, 4.69) is 22.0 Å². The number of methoxy groups -OCH3 is 1. The van der Waals surface area contributed by atoms with E-state index in [1.54, 1.807) is 7.11 Å². The van der Waals surface area contributed by atoms with Crippen molar-refractivity contribution in [2.75, 3.05) is 17.0 Å². The molecule has 2 aliphatic carbocycles. The number of carbonyl (C=O) groups excluding carboxylic acids is 1. The van der Waals surface area contributed by atoms with Crippen molar-refractivity contribution in [1.29, 1.82) is 0 Å². The van der Waals surface area contributed by atoms with Crippen LogP contribution in [0.25, 0.3) is 0 Å². The van der Waals surface area contributed by atoms with Gasteiger partial charge in [-0.3, -0.25) is 0 Å². The number of ketones is 1. The summed E-state index contributed by atoms with van der Waals surface area (Å²) in [4.78, 5) is 17.2. The van der Waals surface area contributed by atoms with Crippen LogP contribution in [0.1, 0.15) is 37.2 Å². The molecule has 2 aliphatic rings. The van der Waals surface area contributed by atoms with E-state index in [1.165, 1.54) is 24.8 Å². The third-order valence-corrected chi connectivity index (χ3v) is 10.6. The van der Waals surface area contributed by atoms with E-state index in [-0.39, 0.29) is 3.42 Å². The zero-order chi connectivity index (χ0) is 14.3. The molecular weight excluding hydrogens is 363 g/mol. The Bertz CT molecular complexity index is 502. The Labute approximate surface area is 128 Å². The zero-order valence-electron chi connectivity index (χ0n) is 12.5. The molecule has 2 atom stereocenters. The van der Waals surface area contributed by atoms with Crippen LogP contribution in [0.15, 0.2) is 24.3 Å². The van der Waals surface area contributed by atoms with E-state index < -0.39 is 19.8 Å². The molecule has 3 heteroatoms. The number of hydrogen-bond donors (Lipinski definition) is 0. The Kier molecular flexibility index (Phi) is 3.82. The van der Waals surface area contributed by atoms with Gasteiger partial charge in [-0.05, 0) is 0 Å². The molecule has 0 aliphatic heterocycles. The van der Waals surface area contributed by atoms with Gasteiger partial charge in [-0.15, -0.1) is 0 Å². The first kappa shape index (κ1) is 14.4. The van der Waals surface area contributed by atoms with Crippen LogP contribution in [0.5, 0.6) is 5.75 Å². The second-order valence-electron chi connectivity index (χ2n) is 6.22. The maximum absolute atomic E-state index is 12.5. The van der Waals surface area contributed by atoms with Gasteiger partial charge in [0.15, 0.2) is 0 Å². The summed E-state index contributed by atoms with van der Waals surface area (Å²) in [7, 11) is 1.69. The Morgan fingerprint density at radius 2 is 1.95 bits per heavy atom. The molecule has 1 unspecified atom stereocenters. The van der Waals surface area contributed by atoms with Gasteiger partial charge in [-0.25, -0.2) is 0 Å². The summed E-state index contributed by atoms with van der Waals surface area (Å²) in [6.07, 6.45) is 4.38. The Morgan fingerprint density at radius 3 is 2.45 bits per heavy atom. The molecule has 110 valence electrons. The Hall–Kier alpha value is -0.580. The molecule has 0 aromatic heterocycles. The van der Waals surface area contributed by atoms with Gasteiger partial charge in [0.05, 0.1) is 0 Å². The van der Waals surface area contributed by atoms with Crippen LogP contribution in [0.2, 0.25) is 0 Å². The number of alkyl halides is 3. The van der Waals surface area contributed by atoms with Gasteiger partial charge in [-0.2, -0.15) is 0 Å². The van der Waals surface area contributed by atoms with E-state index in [4.69, 9.17) is 4.74 Å². The normalized spacial score (nSPS) is 26.9. The SMILES string of the molecule is COc1ccc(C2C[C@@H]2CC(=O)C2(I(C)C)CC2)cc1. The van der Waals surface area contributed by atoms with Gasteiger partial charge in [0.1, 0.15) is 0 Å². The molecule has 0 bridgehead atoms. The molecule has 0 N–H and O–H groups in total. The fraction of sp³-hybridized carbons (Fsp3) is 0.588. The van der Waals surface area contributed by atoms with Gasteiger partial charge in [0.25, 0.3) is 0 Å². The fourth-order valence-corrected chi connectivity index (χ4v) is 6.98. The topological polar surface area (TPSA) is 26.3 Å². The van der Waals surface area contributed by atoms with Crippen molar-refractivity contribution in [3.05, 3.63) is 29.8 Å². The number of Topliss-reactive ketones (excluding diaryl/α,β-unsaturated/α-hetero) is 1. The molecule has 0 radical (unpaired) electrons. The van der Waals surface area contributed by atoms with E-state index in [9.17, 15) is 4.79 Å². The third-order valence-electron chi connectivity index (χ3n) is 4.83. The van der Waals surface area contributed by atoms with Crippen LogP contribution in [0, 0.1) is 5.92 Å². The molecule has 2 fully saturated rings. The summed E-state index contributed by atoms with van der Waals surface area (Å²) in [5.74, 6) is 2.71. The number of benzene rings is 1. The number of hydrogen-bond acceptors (Lipinski definition) is 2. The van der Waals surface area contributed by atoms with Gasteiger partial charge < -0.3 is 0 Å². The summed E-state index contributed by atoms with van der Waals surface area (Å²) in [6, 6.07) is 8.35. The van der Waals surface area contributed by atoms with Crippen molar-refractivity contribution in [1.82, 2.24) is 0 Å². The minimum absolute atomic E-state index is 0.205. The van der Waals surface area contributed by atoms with Crippen LogP contribution >= 0.6 is 19.8 Å². The average molecular weight is 386 g/mol. The van der Waals surface area contributed by atoms with Crippen LogP contribution in [0.3, 0.4) is 0 Å². The second kappa shape index (κ2) is 5.32. The molecule has 1 aromatic rings. The van der Waals surface area contributed by atoms with E-state index >= 15 is 0 Å². The van der Waals surface area contributed by atoms with Crippen molar-refractivity contribution in [3.63, 3.8) is 0 Å². The van der Waals surface area contributed by atoms with Crippen LogP contribution < -0.4 is 4.74 Å². The van der Waals surface area contributed by atoms with Crippen molar-refractivity contribution >= 4 is 25.6 Å². The molecular formula is C17H23IO2. The van der Waals surface area contributed by atoms with E-state index in [0.29, 0.717) is 17.6 Å². The second-order valence-corrected chi connectivity index (χ2v) is 12.6. The van der Waals surface area contributed by atoms with Gasteiger partial charge in [0, 0.05) is 0 Å². The van der Waals surface area contributed by atoms with Gasteiger partial charge in [-0.1, -0.05) is 0 Å². The van der Waals surface area contributed by atoms with Crippen molar-refractivity contribution in [2.45, 2.75) is 35.0 Å². The van der Waals surface area contributed by atoms with Crippen molar-refractivity contribution in [2.24, 2.45) is 5.92 Å². The molecule has 2 nitrogen and oxygen atoms in total. The third kappa shape index (κ3) is 2.61. The monoisotopic (exact) mass is 386 g/mol. The number of ether oxygens (including phenoxy) is 1. The first-order valence-electron chi connectivity index (χ1n) is 7.24. The maximum atomic E-state index is 12.5. The fourth-order valence-electron chi connectivity index (χ4n) is 3.13. The van der Waals surface area contributed by atoms with Gasteiger partial charge in [0.2, 0.25) is 0 Å². The minimum atomic E-state index is -1.000. The predicted octanol–water partition coefficient (Wildman–Crippen LogP) is 4.06. The molecule has 0 saturated heterocycles. The first-order valence-corrected chi connectivity index (χ1v) is 12.6. The Balaban J connectivity index is 1.58. The molecule has 0 heterocycles. The molecule has 0 amide bonds. The molecule has 3 rings (SSSR count). The first-order chi connectivity index (χ1) is 9.56. The molecule has 1 aromatic carbocycles. The summed E-state index contributed by atoms with van der Waals surface area (Å²) in [6.45, 7) is 0. The summed E-state index contributed by atoms with van der Waals surface area (Å²) in [5.41, 5.74) is 1.37. The van der Waals surface area contributed by atoms with Crippen LogP contribution in [-0.2, 0) is 4.79 Å². The average Bonchev–Trinajstić information content (AvgIpc) is 3.33. The number of halogens is 1. The quantitative estimate of drug-likeness (QED) is 0.545. The number of rotatable bonds is 6. The predicted molar refractivity (Wildman–Crippen MR) is 91.3 cm³/mol. The molecule has 0 spiro atoms. The van der Waals surface area contributed by atoms with Gasteiger partial charge >= 0.3 is 129 Å². The standard InChI is InChI=1S/C17H23IO2/c1-18(2)17(8-9-17)16(19)11-13-10-15(13)12-4-6-14(20-3)7-5-12/h4-7,13,15H,8-11H2,1-3H3/t13-,15?/m1/s1. The molecule has 20 heavy (non-hydrogen) atoms.